The summed E-state index contributed by atoms with van der Waals surface area (Å²) < 4.78 is 49.4. The van der Waals surface area contributed by atoms with Crippen LogP contribution in [0.5, 0.6) is 0 Å². The maximum atomic E-state index is 12.5. The normalized spacial score (nSPS) is 13.6. The first-order valence-electron chi connectivity index (χ1n) is 6.72. The molecule has 0 heterocycles. The van der Waals surface area contributed by atoms with E-state index in [1.165, 1.54) is 24.3 Å². The number of aliphatic carboxylic acids is 1. The predicted octanol–water partition coefficient (Wildman–Crippen LogP) is 4.90. The van der Waals surface area contributed by atoms with Crippen molar-refractivity contribution >= 4 is 5.97 Å². The number of hydrogen-bond acceptors (Lipinski definition) is 1. The van der Waals surface area contributed by atoms with Gasteiger partial charge in [0.25, 0.3) is 0 Å². The second-order valence-electron chi connectivity index (χ2n) is 4.81. The van der Waals surface area contributed by atoms with Gasteiger partial charge in [-0.1, -0.05) is 48.6 Å². The molecule has 1 aromatic carbocycles. The molecule has 0 aromatic heterocycles. The van der Waals surface area contributed by atoms with E-state index in [0.717, 1.165) is 24.3 Å². The summed E-state index contributed by atoms with van der Waals surface area (Å²) in [5.41, 5.74) is -0.0966. The first-order chi connectivity index (χ1) is 10.8. The average Bonchev–Trinajstić information content (AvgIpc) is 2.48. The lowest BCUT2D eigenvalue weighted by Gasteiger charge is -2.14. The van der Waals surface area contributed by atoms with E-state index in [1.54, 1.807) is 0 Å². The van der Waals surface area contributed by atoms with Crippen LogP contribution in [-0.4, -0.2) is 17.8 Å². The molecular weight excluding hydrogens is 312 g/mol. The third-order valence-corrected chi connectivity index (χ3v) is 3.07. The number of carboxylic acid groups (broad SMARTS) is 1. The standard InChI is InChI=1S/C17H16F4O2/c1-12(5-3-2-4-10-18)11-15(16(22)23)13-6-8-14(9-7-13)17(19,20)21/h2-9,15H,1,10-11H2,(H,22,23)/b4-2-,5-3-. The number of allylic oxidation sites excluding steroid dienone is 5. The third kappa shape index (κ3) is 6.10. The van der Waals surface area contributed by atoms with E-state index in [-0.39, 0.29) is 12.0 Å². The largest absolute Gasteiger partial charge is 0.481 e. The van der Waals surface area contributed by atoms with Crippen molar-refractivity contribution in [2.45, 2.75) is 18.5 Å². The van der Waals surface area contributed by atoms with Crippen LogP contribution < -0.4 is 0 Å². The maximum absolute atomic E-state index is 12.5. The Morgan fingerprint density at radius 1 is 1.22 bits per heavy atom. The maximum Gasteiger partial charge on any atom is 0.416 e. The summed E-state index contributed by atoms with van der Waals surface area (Å²) in [6.07, 6.45) is 1.36. The summed E-state index contributed by atoms with van der Waals surface area (Å²) in [5, 5.41) is 9.26. The van der Waals surface area contributed by atoms with Gasteiger partial charge in [0.2, 0.25) is 0 Å². The van der Waals surface area contributed by atoms with Crippen LogP contribution in [0.15, 0.2) is 60.7 Å². The number of benzene rings is 1. The van der Waals surface area contributed by atoms with Crippen molar-refractivity contribution in [1.82, 2.24) is 0 Å². The van der Waals surface area contributed by atoms with Crippen molar-refractivity contribution in [2.24, 2.45) is 0 Å². The summed E-state index contributed by atoms with van der Waals surface area (Å²) in [4.78, 5) is 11.3. The third-order valence-electron chi connectivity index (χ3n) is 3.07. The lowest BCUT2D eigenvalue weighted by molar-refractivity contribution is -0.138. The Balaban J connectivity index is 2.87. The van der Waals surface area contributed by atoms with Crippen molar-refractivity contribution in [3.63, 3.8) is 0 Å². The van der Waals surface area contributed by atoms with E-state index in [2.05, 4.69) is 6.58 Å². The second-order valence-corrected chi connectivity index (χ2v) is 4.81. The van der Waals surface area contributed by atoms with E-state index in [1.807, 2.05) is 0 Å². The van der Waals surface area contributed by atoms with E-state index in [4.69, 9.17) is 0 Å². The first-order valence-corrected chi connectivity index (χ1v) is 6.72. The quantitative estimate of drug-likeness (QED) is 0.571. The van der Waals surface area contributed by atoms with Crippen LogP contribution in [0, 0.1) is 0 Å². The summed E-state index contributed by atoms with van der Waals surface area (Å²) in [6, 6.07) is 4.02. The average molecular weight is 328 g/mol. The fraction of sp³-hybridized carbons (Fsp3) is 0.235. The summed E-state index contributed by atoms with van der Waals surface area (Å²) in [5.74, 6) is -2.15. The first kappa shape index (κ1) is 18.7. The van der Waals surface area contributed by atoms with Crippen molar-refractivity contribution in [3.05, 3.63) is 71.8 Å². The lowest BCUT2D eigenvalue weighted by Crippen LogP contribution is -2.13. The van der Waals surface area contributed by atoms with Crippen LogP contribution in [0.4, 0.5) is 17.6 Å². The molecule has 0 saturated heterocycles. The molecule has 0 aliphatic heterocycles. The fourth-order valence-electron chi connectivity index (χ4n) is 1.90. The van der Waals surface area contributed by atoms with Gasteiger partial charge in [0.15, 0.2) is 0 Å². The van der Waals surface area contributed by atoms with Crippen molar-refractivity contribution < 1.29 is 27.5 Å². The van der Waals surface area contributed by atoms with E-state index in [9.17, 15) is 27.5 Å². The van der Waals surface area contributed by atoms with Gasteiger partial charge in [-0.3, -0.25) is 4.79 Å². The number of alkyl halides is 4. The van der Waals surface area contributed by atoms with Gasteiger partial charge in [-0.15, -0.1) is 0 Å². The number of hydrogen-bond donors (Lipinski definition) is 1. The molecule has 1 unspecified atom stereocenters. The molecule has 2 nitrogen and oxygen atoms in total. The topological polar surface area (TPSA) is 37.3 Å². The molecule has 0 bridgehead atoms. The molecule has 1 atom stereocenters. The van der Waals surface area contributed by atoms with Gasteiger partial charge >= 0.3 is 12.1 Å². The fourth-order valence-corrected chi connectivity index (χ4v) is 1.90. The highest BCUT2D eigenvalue weighted by Crippen LogP contribution is 2.31. The van der Waals surface area contributed by atoms with Gasteiger partial charge in [0, 0.05) is 0 Å². The van der Waals surface area contributed by atoms with Crippen LogP contribution in [0.3, 0.4) is 0 Å². The Morgan fingerprint density at radius 3 is 2.30 bits per heavy atom. The second kappa shape index (κ2) is 8.31. The van der Waals surface area contributed by atoms with E-state index in [0.29, 0.717) is 5.57 Å². The van der Waals surface area contributed by atoms with Gasteiger partial charge in [0.1, 0.15) is 6.67 Å². The Labute approximate surface area is 131 Å². The van der Waals surface area contributed by atoms with E-state index < -0.39 is 30.3 Å². The molecular formula is C17H16F4O2. The smallest absolute Gasteiger partial charge is 0.416 e. The number of halogens is 4. The van der Waals surface area contributed by atoms with Crippen LogP contribution in [0.2, 0.25) is 0 Å². The molecule has 0 fully saturated rings. The van der Waals surface area contributed by atoms with Crippen LogP contribution in [-0.2, 0) is 11.0 Å². The molecule has 124 valence electrons. The molecule has 0 radical (unpaired) electrons. The zero-order chi connectivity index (χ0) is 17.5. The van der Waals surface area contributed by atoms with E-state index >= 15 is 0 Å². The Kier molecular flexibility index (Phi) is 6.75. The Morgan fingerprint density at radius 2 is 1.83 bits per heavy atom. The number of carboxylic acids is 1. The minimum Gasteiger partial charge on any atom is -0.481 e. The van der Waals surface area contributed by atoms with Gasteiger partial charge in [-0.2, -0.15) is 13.2 Å². The molecule has 1 N–H and O–H groups in total. The minimum absolute atomic E-state index is 0.0423. The highest BCUT2D eigenvalue weighted by atomic mass is 19.4. The van der Waals surface area contributed by atoms with Gasteiger partial charge in [0.05, 0.1) is 11.5 Å². The van der Waals surface area contributed by atoms with Gasteiger partial charge in [-0.25, -0.2) is 4.39 Å². The molecule has 0 aliphatic carbocycles. The van der Waals surface area contributed by atoms with Crippen molar-refractivity contribution in [3.8, 4) is 0 Å². The monoisotopic (exact) mass is 328 g/mol. The Bertz CT molecular complexity index is 598. The summed E-state index contributed by atoms with van der Waals surface area (Å²) in [7, 11) is 0. The van der Waals surface area contributed by atoms with Crippen LogP contribution in [0.1, 0.15) is 23.5 Å². The van der Waals surface area contributed by atoms with Gasteiger partial charge in [-0.05, 0) is 24.1 Å². The SMILES string of the molecule is C=C(/C=C\C=C/CF)CC(C(=O)O)c1ccc(C(F)(F)F)cc1. The molecule has 6 heteroatoms. The van der Waals surface area contributed by atoms with Crippen LogP contribution >= 0.6 is 0 Å². The summed E-state index contributed by atoms with van der Waals surface area (Å²) in [6.45, 7) is 3.09. The lowest BCUT2D eigenvalue weighted by atomic mass is 9.91. The van der Waals surface area contributed by atoms with Crippen molar-refractivity contribution in [1.29, 1.82) is 0 Å². The minimum atomic E-state index is -4.47. The zero-order valence-corrected chi connectivity index (χ0v) is 12.2. The Hall–Kier alpha value is -2.37. The molecule has 0 saturated carbocycles. The molecule has 1 rings (SSSR count). The summed E-state index contributed by atoms with van der Waals surface area (Å²) >= 11 is 0. The van der Waals surface area contributed by atoms with Crippen LogP contribution in [0.25, 0.3) is 0 Å². The number of rotatable bonds is 7. The number of carbonyl (C=O) groups is 1. The van der Waals surface area contributed by atoms with Crippen molar-refractivity contribution in [2.75, 3.05) is 6.67 Å². The highest BCUT2D eigenvalue weighted by Gasteiger charge is 2.30. The molecule has 0 spiro atoms. The highest BCUT2D eigenvalue weighted by molar-refractivity contribution is 5.76. The molecule has 0 amide bonds. The molecule has 23 heavy (non-hydrogen) atoms. The molecule has 0 aliphatic rings. The zero-order valence-electron chi connectivity index (χ0n) is 12.2. The predicted molar refractivity (Wildman–Crippen MR) is 79.8 cm³/mol. The van der Waals surface area contributed by atoms with Gasteiger partial charge < -0.3 is 5.11 Å². The molecule has 1 aromatic rings.